The smallest absolute Gasteiger partial charge is 0.337 e. The highest BCUT2D eigenvalue weighted by atomic mass is 16.5. The Hall–Kier alpha value is -2.94. The second-order valence-corrected chi connectivity index (χ2v) is 7.42. The number of esters is 1. The van der Waals surface area contributed by atoms with Gasteiger partial charge in [-0.1, -0.05) is 63.2 Å². The molecule has 132 valence electrons. The first-order valence-electron chi connectivity index (χ1n) is 8.57. The molecule has 0 fully saturated rings. The number of hydrogen-bond acceptors (Lipinski definition) is 3. The van der Waals surface area contributed by atoms with Gasteiger partial charge < -0.3 is 4.74 Å². The van der Waals surface area contributed by atoms with Crippen molar-refractivity contribution in [2.75, 3.05) is 7.11 Å². The molecule has 3 rings (SSSR count). The molecule has 0 aliphatic carbocycles. The molecule has 0 N–H and O–H groups in total. The van der Waals surface area contributed by atoms with Gasteiger partial charge in [0.15, 0.2) is 5.78 Å². The van der Waals surface area contributed by atoms with Crippen LogP contribution in [0.15, 0.2) is 60.7 Å². The van der Waals surface area contributed by atoms with Crippen molar-refractivity contribution in [2.24, 2.45) is 0 Å². The number of ether oxygens (including phenoxy) is 1. The summed E-state index contributed by atoms with van der Waals surface area (Å²) in [7, 11) is 1.36. The van der Waals surface area contributed by atoms with Crippen LogP contribution in [0.25, 0.3) is 10.8 Å². The molecular weight excluding hydrogens is 324 g/mol. The topological polar surface area (TPSA) is 43.4 Å². The summed E-state index contributed by atoms with van der Waals surface area (Å²) in [6.45, 7) is 6.45. The van der Waals surface area contributed by atoms with Crippen LogP contribution >= 0.6 is 0 Å². The quantitative estimate of drug-likeness (QED) is 0.486. The van der Waals surface area contributed by atoms with E-state index in [2.05, 4.69) is 20.8 Å². The Bertz CT molecular complexity index is 977. The van der Waals surface area contributed by atoms with Gasteiger partial charge in [-0.2, -0.15) is 0 Å². The minimum atomic E-state index is -0.369. The molecule has 0 aliphatic rings. The van der Waals surface area contributed by atoms with Gasteiger partial charge in [0.25, 0.3) is 0 Å². The molecule has 26 heavy (non-hydrogen) atoms. The van der Waals surface area contributed by atoms with Gasteiger partial charge in [-0.25, -0.2) is 4.79 Å². The van der Waals surface area contributed by atoms with E-state index in [1.54, 1.807) is 18.2 Å². The molecule has 3 heteroatoms. The van der Waals surface area contributed by atoms with Crippen molar-refractivity contribution in [3.63, 3.8) is 0 Å². The fourth-order valence-electron chi connectivity index (χ4n) is 2.92. The largest absolute Gasteiger partial charge is 0.465 e. The number of rotatable bonds is 3. The first-order chi connectivity index (χ1) is 12.3. The zero-order chi connectivity index (χ0) is 18.9. The van der Waals surface area contributed by atoms with Crippen molar-refractivity contribution in [3.05, 3.63) is 82.9 Å². The van der Waals surface area contributed by atoms with Crippen molar-refractivity contribution in [3.8, 4) is 0 Å². The van der Waals surface area contributed by atoms with Crippen molar-refractivity contribution >= 4 is 22.5 Å². The second kappa shape index (κ2) is 6.75. The Morgan fingerprint density at radius 2 is 1.23 bits per heavy atom. The van der Waals surface area contributed by atoms with Crippen LogP contribution in [0, 0.1) is 0 Å². The minimum absolute atomic E-state index is 0.00981. The molecule has 3 aromatic rings. The molecule has 3 nitrogen and oxygen atoms in total. The zero-order valence-corrected chi connectivity index (χ0v) is 15.5. The van der Waals surface area contributed by atoms with Crippen LogP contribution in [-0.4, -0.2) is 18.9 Å². The normalized spacial score (nSPS) is 11.4. The van der Waals surface area contributed by atoms with Gasteiger partial charge in [0.05, 0.1) is 12.7 Å². The lowest BCUT2D eigenvalue weighted by atomic mass is 9.86. The molecule has 0 amide bonds. The Morgan fingerprint density at radius 1 is 0.731 bits per heavy atom. The maximum atomic E-state index is 12.8. The summed E-state index contributed by atoms with van der Waals surface area (Å²) in [4.78, 5) is 24.4. The molecule has 0 aromatic heterocycles. The number of hydrogen-bond donors (Lipinski definition) is 0. The molecule has 0 bridgehead atoms. The molecule has 0 radical (unpaired) electrons. The van der Waals surface area contributed by atoms with Crippen LogP contribution < -0.4 is 0 Å². The van der Waals surface area contributed by atoms with E-state index in [9.17, 15) is 9.59 Å². The summed E-state index contributed by atoms with van der Waals surface area (Å²) in [5.41, 5.74) is 3.05. The second-order valence-electron chi connectivity index (χ2n) is 7.42. The lowest BCUT2D eigenvalue weighted by Gasteiger charge is -2.19. The zero-order valence-electron chi connectivity index (χ0n) is 15.5. The molecule has 3 aromatic carbocycles. The molecule has 0 aliphatic heterocycles. The Morgan fingerprint density at radius 3 is 1.77 bits per heavy atom. The van der Waals surface area contributed by atoms with Crippen LogP contribution in [0.3, 0.4) is 0 Å². The van der Waals surface area contributed by atoms with Crippen LogP contribution in [0.5, 0.6) is 0 Å². The number of methoxy groups -OCH3 is 1. The molecule has 0 heterocycles. The average molecular weight is 346 g/mol. The summed E-state index contributed by atoms with van der Waals surface area (Å²) in [6.07, 6.45) is 0. The van der Waals surface area contributed by atoms with Gasteiger partial charge in [-0.15, -0.1) is 0 Å². The highest BCUT2D eigenvalue weighted by molar-refractivity contribution is 6.11. The molecule has 0 unspecified atom stereocenters. The van der Waals surface area contributed by atoms with E-state index in [1.165, 1.54) is 12.7 Å². The summed E-state index contributed by atoms with van der Waals surface area (Å²) in [6, 6.07) is 18.6. The van der Waals surface area contributed by atoms with Gasteiger partial charge in [0.2, 0.25) is 0 Å². The third kappa shape index (κ3) is 3.52. The maximum Gasteiger partial charge on any atom is 0.337 e. The molecule has 0 saturated carbocycles. The first-order valence-corrected chi connectivity index (χ1v) is 8.57. The van der Waals surface area contributed by atoms with Crippen molar-refractivity contribution in [1.82, 2.24) is 0 Å². The number of ketones is 1. The van der Waals surface area contributed by atoms with E-state index >= 15 is 0 Å². The standard InChI is InChI=1S/C23H22O3/c1-23(2,3)20-11-9-15(10-12-20)21(24)18-7-5-17-14-19(22(25)26-4)8-6-16(17)13-18/h5-14H,1-4H3. The highest BCUT2D eigenvalue weighted by Crippen LogP contribution is 2.24. The molecule has 0 spiro atoms. The van der Waals surface area contributed by atoms with Gasteiger partial charge in [-0.3, -0.25) is 4.79 Å². The van der Waals surface area contributed by atoms with Crippen molar-refractivity contribution in [2.45, 2.75) is 26.2 Å². The van der Waals surface area contributed by atoms with Crippen molar-refractivity contribution in [1.29, 1.82) is 0 Å². The summed E-state index contributed by atoms with van der Waals surface area (Å²) >= 11 is 0. The van der Waals surface area contributed by atoms with Gasteiger partial charge in [0.1, 0.15) is 0 Å². The van der Waals surface area contributed by atoms with E-state index in [0.29, 0.717) is 16.7 Å². The Balaban J connectivity index is 1.92. The summed E-state index contributed by atoms with van der Waals surface area (Å²) in [5, 5.41) is 1.81. The lowest BCUT2D eigenvalue weighted by Crippen LogP contribution is -2.11. The van der Waals surface area contributed by atoms with Crippen LogP contribution in [0.2, 0.25) is 0 Å². The highest BCUT2D eigenvalue weighted by Gasteiger charge is 2.15. The number of fused-ring (bicyclic) bond motifs is 1. The monoisotopic (exact) mass is 346 g/mol. The number of benzene rings is 3. The third-order valence-electron chi connectivity index (χ3n) is 4.54. The molecule has 0 atom stereocenters. The maximum absolute atomic E-state index is 12.8. The van der Waals surface area contributed by atoms with Gasteiger partial charge in [0, 0.05) is 11.1 Å². The van der Waals surface area contributed by atoms with Gasteiger partial charge in [-0.05, 0) is 39.9 Å². The predicted molar refractivity (Wildman–Crippen MR) is 104 cm³/mol. The Kier molecular flexibility index (Phi) is 4.64. The fourth-order valence-corrected chi connectivity index (χ4v) is 2.92. The first kappa shape index (κ1) is 17.9. The SMILES string of the molecule is COC(=O)c1ccc2cc(C(=O)c3ccc(C(C)(C)C)cc3)ccc2c1. The lowest BCUT2D eigenvalue weighted by molar-refractivity contribution is 0.0601. The summed E-state index contributed by atoms with van der Waals surface area (Å²) in [5.74, 6) is -0.379. The van der Waals surface area contributed by atoms with E-state index < -0.39 is 0 Å². The number of carbonyl (C=O) groups is 2. The van der Waals surface area contributed by atoms with E-state index in [-0.39, 0.29) is 17.2 Å². The molecular formula is C23H22O3. The predicted octanol–water partition coefficient (Wildman–Crippen LogP) is 5.15. The van der Waals surface area contributed by atoms with Crippen LogP contribution in [0.4, 0.5) is 0 Å². The molecule has 0 saturated heterocycles. The third-order valence-corrected chi connectivity index (χ3v) is 4.54. The van der Waals surface area contributed by atoms with E-state index in [4.69, 9.17) is 4.74 Å². The summed E-state index contributed by atoms with van der Waals surface area (Å²) < 4.78 is 4.75. The Labute approximate surface area is 153 Å². The average Bonchev–Trinajstić information content (AvgIpc) is 2.65. The van der Waals surface area contributed by atoms with Crippen LogP contribution in [-0.2, 0) is 10.2 Å². The number of carbonyl (C=O) groups excluding carboxylic acids is 2. The van der Waals surface area contributed by atoms with Gasteiger partial charge >= 0.3 is 5.97 Å². The van der Waals surface area contributed by atoms with Crippen molar-refractivity contribution < 1.29 is 14.3 Å². The van der Waals surface area contributed by atoms with Crippen LogP contribution in [0.1, 0.15) is 52.6 Å². The minimum Gasteiger partial charge on any atom is -0.465 e. The van der Waals surface area contributed by atoms with E-state index in [0.717, 1.165) is 10.8 Å². The fraction of sp³-hybridized carbons (Fsp3) is 0.217. The van der Waals surface area contributed by atoms with E-state index in [1.807, 2.05) is 42.5 Å².